The summed E-state index contributed by atoms with van der Waals surface area (Å²) in [6.07, 6.45) is 7.94. The summed E-state index contributed by atoms with van der Waals surface area (Å²) >= 11 is 0. The van der Waals surface area contributed by atoms with Crippen LogP contribution in [-0.2, 0) is 25.4 Å². The SMILES string of the molecule is CN(C)c1nc2c(c(=O)[nH]1)CCC21CCCN(Cc2nccn2C)C1. The third kappa shape index (κ3) is 2.76. The molecule has 4 rings (SSSR count). The molecule has 0 saturated carbocycles. The topological polar surface area (TPSA) is 70.1 Å². The smallest absolute Gasteiger partial charge is 0.255 e. The molecule has 0 amide bonds. The van der Waals surface area contributed by atoms with Gasteiger partial charge in [0.2, 0.25) is 5.95 Å². The van der Waals surface area contributed by atoms with Crippen LogP contribution in [0.3, 0.4) is 0 Å². The van der Waals surface area contributed by atoms with Crippen LogP contribution in [0.5, 0.6) is 0 Å². The first-order chi connectivity index (χ1) is 12.0. The minimum atomic E-state index is 0.0117. The predicted molar refractivity (Wildman–Crippen MR) is 96.9 cm³/mol. The Morgan fingerprint density at radius 3 is 2.92 bits per heavy atom. The number of H-pyrrole nitrogens is 1. The number of hydrogen-bond acceptors (Lipinski definition) is 5. The van der Waals surface area contributed by atoms with Gasteiger partial charge in [-0.25, -0.2) is 9.97 Å². The van der Waals surface area contributed by atoms with Crippen LogP contribution in [0.25, 0.3) is 0 Å². The number of nitrogens with zero attached hydrogens (tertiary/aromatic N) is 5. The van der Waals surface area contributed by atoms with Crippen molar-refractivity contribution in [3.8, 4) is 0 Å². The fourth-order valence-corrected chi connectivity index (χ4v) is 4.36. The lowest BCUT2D eigenvalue weighted by atomic mass is 9.77. The van der Waals surface area contributed by atoms with Crippen molar-refractivity contribution in [2.75, 3.05) is 32.1 Å². The van der Waals surface area contributed by atoms with Crippen LogP contribution in [0.4, 0.5) is 5.95 Å². The van der Waals surface area contributed by atoms with Crippen molar-refractivity contribution >= 4 is 5.95 Å². The summed E-state index contributed by atoms with van der Waals surface area (Å²) in [5, 5.41) is 0. The standard InChI is InChI=1S/C18H26N6O/c1-22(2)17-20-15-13(16(25)21-17)5-7-18(15)6-4-9-24(12-18)11-14-19-8-10-23(14)3/h8,10H,4-7,9,11-12H2,1-3H3,(H,20,21,25). The van der Waals surface area contributed by atoms with Gasteiger partial charge in [-0.1, -0.05) is 0 Å². The lowest BCUT2D eigenvalue weighted by molar-refractivity contribution is 0.133. The van der Waals surface area contributed by atoms with E-state index in [1.54, 1.807) is 0 Å². The Hall–Kier alpha value is -2.15. The second-order valence-corrected chi connectivity index (χ2v) is 7.66. The van der Waals surface area contributed by atoms with E-state index in [4.69, 9.17) is 4.98 Å². The molecule has 1 unspecified atom stereocenters. The Labute approximate surface area is 147 Å². The fraction of sp³-hybridized carbons (Fsp3) is 0.611. The third-order valence-corrected chi connectivity index (χ3v) is 5.72. The number of aromatic nitrogens is 4. The van der Waals surface area contributed by atoms with Crippen molar-refractivity contribution in [2.45, 2.75) is 37.6 Å². The van der Waals surface area contributed by atoms with Gasteiger partial charge in [-0.2, -0.15) is 0 Å². The Balaban J connectivity index is 1.65. The van der Waals surface area contributed by atoms with E-state index in [0.29, 0.717) is 5.95 Å². The van der Waals surface area contributed by atoms with Crippen molar-refractivity contribution in [1.29, 1.82) is 0 Å². The second-order valence-electron chi connectivity index (χ2n) is 7.66. The second kappa shape index (κ2) is 5.98. The molecule has 7 nitrogen and oxygen atoms in total. The number of piperidine rings is 1. The molecular weight excluding hydrogens is 316 g/mol. The highest BCUT2D eigenvalue weighted by Gasteiger charge is 2.44. The van der Waals surface area contributed by atoms with Crippen LogP contribution < -0.4 is 10.5 Å². The Bertz CT molecular complexity index is 838. The van der Waals surface area contributed by atoms with Crippen LogP contribution in [0.15, 0.2) is 17.2 Å². The van der Waals surface area contributed by atoms with Gasteiger partial charge in [0.15, 0.2) is 0 Å². The van der Waals surface area contributed by atoms with E-state index in [0.717, 1.165) is 62.4 Å². The molecule has 1 aliphatic heterocycles. The molecule has 25 heavy (non-hydrogen) atoms. The maximum atomic E-state index is 12.5. The van der Waals surface area contributed by atoms with Gasteiger partial charge in [0.25, 0.3) is 5.56 Å². The van der Waals surface area contributed by atoms with Crippen LogP contribution in [0.2, 0.25) is 0 Å². The molecule has 1 saturated heterocycles. The van der Waals surface area contributed by atoms with Crippen LogP contribution >= 0.6 is 0 Å². The minimum Gasteiger partial charge on any atom is -0.348 e. The average molecular weight is 342 g/mol. The molecule has 0 aromatic carbocycles. The molecule has 0 bridgehead atoms. The van der Waals surface area contributed by atoms with E-state index in [2.05, 4.69) is 19.4 Å². The van der Waals surface area contributed by atoms with Gasteiger partial charge < -0.3 is 9.47 Å². The van der Waals surface area contributed by atoms with Crippen molar-refractivity contribution < 1.29 is 0 Å². The average Bonchev–Trinajstić information content (AvgIpc) is 3.13. The highest BCUT2D eigenvalue weighted by Crippen LogP contribution is 2.43. The number of aromatic amines is 1. The van der Waals surface area contributed by atoms with Gasteiger partial charge in [-0.15, -0.1) is 0 Å². The zero-order valence-electron chi connectivity index (χ0n) is 15.2. The number of fused-ring (bicyclic) bond motifs is 2. The van der Waals surface area contributed by atoms with Gasteiger partial charge >= 0.3 is 0 Å². The van der Waals surface area contributed by atoms with Gasteiger partial charge in [0, 0.05) is 51.1 Å². The number of rotatable bonds is 3. The zero-order chi connectivity index (χ0) is 17.6. The summed E-state index contributed by atoms with van der Waals surface area (Å²) in [4.78, 5) is 29.1. The quantitative estimate of drug-likeness (QED) is 0.903. The van der Waals surface area contributed by atoms with Crippen LogP contribution in [0, 0.1) is 0 Å². The van der Waals surface area contributed by atoms with Crippen molar-refractivity contribution in [1.82, 2.24) is 24.4 Å². The number of imidazole rings is 1. The summed E-state index contributed by atoms with van der Waals surface area (Å²) in [6.45, 7) is 2.88. The maximum absolute atomic E-state index is 12.5. The molecule has 1 spiro atoms. The van der Waals surface area contributed by atoms with Crippen LogP contribution in [0.1, 0.15) is 36.3 Å². The van der Waals surface area contributed by atoms with Crippen molar-refractivity contribution in [3.05, 3.63) is 39.8 Å². The molecule has 2 aliphatic rings. The molecule has 1 N–H and O–H groups in total. The molecule has 3 heterocycles. The van der Waals surface area contributed by atoms with Crippen LogP contribution in [-0.4, -0.2) is 51.6 Å². The Morgan fingerprint density at radius 1 is 1.36 bits per heavy atom. The van der Waals surface area contributed by atoms with Gasteiger partial charge in [-0.3, -0.25) is 14.7 Å². The van der Waals surface area contributed by atoms with E-state index in [1.165, 1.54) is 0 Å². The first-order valence-corrected chi connectivity index (χ1v) is 8.98. The molecule has 2 aromatic rings. The van der Waals surface area contributed by atoms with E-state index in [1.807, 2.05) is 38.4 Å². The lowest BCUT2D eigenvalue weighted by Gasteiger charge is -2.40. The number of hydrogen-bond donors (Lipinski definition) is 1. The number of anilines is 1. The van der Waals surface area contributed by atoms with E-state index in [9.17, 15) is 4.79 Å². The number of likely N-dealkylation sites (tertiary alicyclic amines) is 1. The summed E-state index contributed by atoms with van der Waals surface area (Å²) in [7, 11) is 5.87. The van der Waals surface area contributed by atoms with Gasteiger partial charge in [0.1, 0.15) is 5.82 Å². The number of aryl methyl sites for hydroxylation is 1. The predicted octanol–water partition coefficient (Wildman–Crippen LogP) is 1.05. The molecule has 134 valence electrons. The highest BCUT2D eigenvalue weighted by molar-refractivity contribution is 5.39. The molecule has 1 fully saturated rings. The molecule has 0 radical (unpaired) electrons. The first-order valence-electron chi connectivity index (χ1n) is 8.98. The monoisotopic (exact) mass is 342 g/mol. The number of nitrogens with one attached hydrogen (secondary N) is 1. The summed E-state index contributed by atoms with van der Waals surface area (Å²) in [6, 6.07) is 0. The first kappa shape index (κ1) is 16.3. The zero-order valence-corrected chi connectivity index (χ0v) is 15.2. The maximum Gasteiger partial charge on any atom is 0.255 e. The molecule has 1 atom stereocenters. The summed E-state index contributed by atoms with van der Waals surface area (Å²) in [5.74, 6) is 1.74. The van der Waals surface area contributed by atoms with E-state index < -0.39 is 0 Å². The van der Waals surface area contributed by atoms with Gasteiger partial charge in [-0.05, 0) is 32.2 Å². The summed E-state index contributed by atoms with van der Waals surface area (Å²) < 4.78 is 2.08. The third-order valence-electron chi connectivity index (χ3n) is 5.72. The molecule has 2 aromatic heterocycles. The fourth-order valence-electron chi connectivity index (χ4n) is 4.36. The molecular formula is C18H26N6O. The lowest BCUT2D eigenvalue weighted by Crippen LogP contribution is -2.45. The largest absolute Gasteiger partial charge is 0.348 e. The Kier molecular flexibility index (Phi) is 3.91. The van der Waals surface area contributed by atoms with Crippen molar-refractivity contribution in [3.63, 3.8) is 0 Å². The van der Waals surface area contributed by atoms with E-state index in [-0.39, 0.29) is 11.0 Å². The molecule has 7 heteroatoms. The van der Waals surface area contributed by atoms with Gasteiger partial charge in [0.05, 0.1) is 12.2 Å². The normalized spacial score (nSPS) is 23.2. The molecule has 1 aliphatic carbocycles. The highest BCUT2D eigenvalue weighted by atomic mass is 16.1. The van der Waals surface area contributed by atoms with Crippen molar-refractivity contribution in [2.24, 2.45) is 7.05 Å². The van der Waals surface area contributed by atoms with E-state index >= 15 is 0 Å². The minimum absolute atomic E-state index is 0.0117. The Morgan fingerprint density at radius 2 is 2.20 bits per heavy atom. The summed E-state index contributed by atoms with van der Waals surface area (Å²) in [5.41, 5.74) is 1.97.